The zero-order valence-corrected chi connectivity index (χ0v) is 26.7. The van der Waals surface area contributed by atoms with Crippen molar-refractivity contribution in [1.82, 2.24) is 29.2 Å². The molecule has 1 saturated heterocycles. The van der Waals surface area contributed by atoms with Crippen LogP contribution in [0.5, 0.6) is 0 Å². The summed E-state index contributed by atoms with van der Waals surface area (Å²) in [6.07, 6.45) is -4.24. The highest BCUT2D eigenvalue weighted by Crippen LogP contribution is 2.37. The number of aromatic nitrogens is 2. The number of aliphatic hydroxyl groups excluding tert-OH is 1. The number of nitrogens with one attached hydrogen (secondary N) is 1. The highest BCUT2D eigenvalue weighted by Gasteiger charge is 2.35. The number of fused-ring (bicyclic) bond motifs is 1. The minimum Gasteiger partial charge on any atom is -0.390 e. The van der Waals surface area contributed by atoms with Crippen molar-refractivity contribution in [1.29, 1.82) is 0 Å². The molecule has 1 unspecified atom stereocenters. The van der Waals surface area contributed by atoms with Crippen molar-refractivity contribution in [3.05, 3.63) is 76.2 Å². The molecule has 0 spiro atoms. The van der Waals surface area contributed by atoms with Crippen LogP contribution >= 0.6 is 0 Å². The first-order valence-electron chi connectivity index (χ1n) is 15.0. The van der Waals surface area contributed by atoms with E-state index in [1.54, 1.807) is 9.58 Å². The normalized spacial score (nSPS) is 17.0. The van der Waals surface area contributed by atoms with Gasteiger partial charge < -0.3 is 15.3 Å². The molecule has 0 aliphatic carbocycles. The van der Waals surface area contributed by atoms with E-state index in [9.17, 15) is 40.7 Å². The Hall–Kier alpha value is -3.86. The molecule has 5 rings (SSSR count). The van der Waals surface area contributed by atoms with E-state index in [1.165, 1.54) is 35.5 Å². The van der Waals surface area contributed by atoms with Crippen molar-refractivity contribution < 1.29 is 40.7 Å². The summed E-state index contributed by atoms with van der Waals surface area (Å²) in [5.74, 6) is -1.26. The van der Waals surface area contributed by atoms with Gasteiger partial charge in [-0.05, 0) is 42.0 Å². The van der Waals surface area contributed by atoms with Crippen LogP contribution in [0.2, 0.25) is 0 Å². The molecule has 16 heteroatoms. The van der Waals surface area contributed by atoms with E-state index in [-0.39, 0.29) is 54.3 Å². The number of alkyl halides is 3. The van der Waals surface area contributed by atoms with E-state index in [1.807, 2.05) is 4.90 Å². The molecule has 1 aromatic heterocycles. The molecule has 0 saturated carbocycles. The van der Waals surface area contributed by atoms with Gasteiger partial charge in [0, 0.05) is 88.1 Å². The molecule has 2 aliphatic heterocycles. The number of aliphatic hydroxyl groups is 1. The van der Waals surface area contributed by atoms with Crippen molar-refractivity contribution in [2.24, 2.45) is 0 Å². The van der Waals surface area contributed by atoms with Crippen LogP contribution in [0, 0.1) is 5.82 Å². The van der Waals surface area contributed by atoms with Gasteiger partial charge in [-0.1, -0.05) is 6.07 Å². The predicted molar refractivity (Wildman–Crippen MR) is 164 cm³/mol. The third-order valence-electron chi connectivity index (χ3n) is 8.47. The van der Waals surface area contributed by atoms with Gasteiger partial charge >= 0.3 is 6.18 Å². The summed E-state index contributed by atoms with van der Waals surface area (Å²) in [7, 11) is -3.60. The lowest BCUT2D eigenvalue weighted by atomic mass is 9.97. The average Bonchev–Trinajstić information content (AvgIpc) is 3.36. The van der Waals surface area contributed by atoms with Gasteiger partial charge in [-0.2, -0.15) is 22.6 Å². The van der Waals surface area contributed by atoms with Gasteiger partial charge in [0.15, 0.2) is 0 Å². The van der Waals surface area contributed by atoms with Gasteiger partial charge in [0.25, 0.3) is 5.91 Å². The Bertz CT molecular complexity index is 1740. The number of carbonyl (C=O) groups excluding carboxylic acids is 2. The van der Waals surface area contributed by atoms with Gasteiger partial charge in [-0.3, -0.25) is 19.2 Å². The molecule has 2 amide bonds. The van der Waals surface area contributed by atoms with E-state index < -0.39 is 46.1 Å². The molecule has 1 fully saturated rings. The lowest BCUT2D eigenvalue weighted by molar-refractivity contribution is -0.138. The Morgan fingerprint density at radius 2 is 1.70 bits per heavy atom. The first-order chi connectivity index (χ1) is 22.1. The minimum absolute atomic E-state index is 0.00860. The molecule has 47 heavy (non-hydrogen) atoms. The second-order valence-corrected chi connectivity index (χ2v) is 13.8. The molecule has 1 atom stereocenters. The molecule has 0 bridgehead atoms. The maximum absolute atomic E-state index is 14.0. The second-order valence-electron chi connectivity index (χ2n) is 11.8. The third-order valence-corrected chi connectivity index (χ3v) is 9.72. The van der Waals surface area contributed by atoms with Gasteiger partial charge in [0.1, 0.15) is 5.82 Å². The monoisotopic (exact) mass is 680 g/mol. The smallest absolute Gasteiger partial charge is 0.390 e. The summed E-state index contributed by atoms with van der Waals surface area (Å²) in [4.78, 5) is 28.0. The number of halogens is 4. The molecule has 11 nitrogen and oxygen atoms in total. The molecule has 0 radical (unpaired) electrons. The fourth-order valence-corrected chi connectivity index (χ4v) is 6.76. The van der Waals surface area contributed by atoms with Gasteiger partial charge in [-0.25, -0.2) is 12.8 Å². The summed E-state index contributed by atoms with van der Waals surface area (Å²) < 4.78 is 83.1. The number of benzene rings is 2. The first kappa shape index (κ1) is 34.5. The van der Waals surface area contributed by atoms with Crippen molar-refractivity contribution in [2.45, 2.75) is 45.3 Å². The summed E-state index contributed by atoms with van der Waals surface area (Å²) in [5.41, 5.74) is 0.612. The SMILES string of the molecule is CC(=O)N1CCN(CC(O)Cn2nc(-c3ccc(C(F)(F)F)c(CNC(=O)c4ccc(F)cc4)c3)c3c2CCN(S(C)(=O)=O)C3)CC1. The standard InChI is InChI=1S/C31H36F4N6O5S/c1-20(42)39-13-11-38(12-14-39)17-25(43)18-41-28-9-10-40(47(2,45)46)19-26(28)29(37-41)22-5-8-27(31(33,34)35)23(15-22)16-36-30(44)21-3-6-24(32)7-4-21/h3-8,15,25,43H,9-14,16-19H2,1-2H3,(H,36,44). The van der Waals surface area contributed by atoms with Crippen LogP contribution < -0.4 is 5.32 Å². The van der Waals surface area contributed by atoms with Crippen molar-refractivity contribution in [2.75, 3.05) is 45.5 Å². The van der Waals surface area contributed by atoms with Crippen LogP contribution in [0.25, 0.3) is 11.3 Å². The summed E-state index contributed by atoms with van der Waals surface area (Å²) in [6, 6.07) is 8.00. The van der Waals surface area contributed by atoms with Gasteiger partial charge in [0.05, 0.1) is 30.2 Å². The number of rotatable bonds is 9. The van der Waals surface area contributed by atoms with Crippen LogP contribution in [-0.2, 0) is 47.0 Å². The topological polar surface area (TPSA) is 128 Å². The number of hydrogen-bond donors (Lipinski definition) is 2. The minimum atomic E-state index is -4.74. The Balaban J connectivity index is 1.44. The molecule has 3 aromatic rings. The van der Waals surface area contributed by atoms with Crippen LogP contribution in [-0.4, -0.2) is 101 Å². The summed E-state index contributed by atoms with van der Waals surface area (Å²) in [5, 5.41) is 18.2. The predicted octanol–water partition coefficient (Wildman–Crippen LogP) is 2.48. The van der Waals surface area contributed by atoms with Crippen LogP contribution in [0.1, 0.15) is 39.7 Å². The third kappa shape index (κ3) is 8.17. The highest BCUT2D eigenvalue weighted by molar-refractivity contribution is 7.88. The van der Waals surface area contributed by atoms with E-state index in [0.717, 1.165) is 24.5 Å². The lowest BCUT2D eigenvalue weighted by Crippen LogP contribution is -2.50. The maximum atomic E-state index is 14.0. The first-order valence-corrected chi connectivity index (χ1v) is 16.9. The lowest BCUT2D eigenvalue weighted by Gasteiger charge is -2.35. The largest absolute Gasteiger partial charge is 0.416 e. The molecular formula is C31H36F4N6O5S. The van der Waals surface area contributed by atoms with E-state index in [0.29, 0.717) is 44.0 Å². The number of β-amino-alcohol motifs (C(OH)–C–C–N with tert-alkyl or cyclic N) is 1. The van der Waals surface area contributed by atoms with E-state index >= 15 is 0 Å². The van der Waals surface area contributed by atoms with Gasteiger partial charge in [0.2, 0.25) is 15.9 Å². The summed E-state index contributed by atoms with van der Waals surface area (Å²) >= 11 is 0. The Kier molecular flexibility index (Phi) is 10.1. The molecule has 2 aromatic carbocycles. The van der Waals surface area contributed by atoms with Crippen LogP contribution in [0.15, 0.2) is 42.5 Å². The van der Waals surface area contributed by atoms with Crippen molar-refractivity contribution in [3.63, 3.8) is 0 Å². The van der Waals surface area contributed by atoms with Gasteiger partial charge in [-0.15, -0.1) is 0 Å². The average molecular weight is 681 g/mol. The number of carbonyl (C=O) groups is 2. The molecule has 3 heterocycles. The molecule has 254 valence electrons. The number of amides is 2. The molecular weight excluding hydrogens is 644 g/mol. The van der Waals surface area contributed by atoms with Crippen molar-refractivity contribution in [3.8, 4) is 11.3 Å². The zero-order chi connectivity index (χ0) is 34.1. The second kappa shape index (κ2) is 13.7. The number of sulfonamides is 1. The zero-order valence-electron chi connectivity index (χ0n) is 25.9. The quantitative estimate of drug-likeness (QED) is 0.333. The maximum Gasteiger partial charge on any atom is 0.416 e. The Morgan fingerprint density at radius 1 is 1.02 bits per heavy atom. The Morgan fingerprint density at radius 3 is 2.32 bits per heavy atom. The molecule has 2 aliphatic rings. The van der Waals surface area contributed by atoms with Crippen LogP contribution in [0.3, 0.4) is 0 Å². The number of hydrogen-bond acceptors (Lipinski definition) is 7. The van der Waals surface area contributed by atoms with E-state index in [2.05, 4.69) is 5.32 Å². The summed E-state index contributed by atoms with van der Waals surface area (Å²) in [6.45, 7) is 3.79. The number of nitrogens with zero attached hydrogens (tertiary/aromatic N) is 5. The highest BCUT2D eigenvalue weighted by atomic mass is 32.2. The molecule has 2 N–H and O–H groups in total. The van der Waals surface area contributed by atoms with Crippen molar-refractivity contribution >= 4 is 21.8 Å². The fourth-order valence-electron chi connectivity index (χ4n) is 5.98. The Labute approximate surface area is 269 Å². The number of piperazine rings is 1. The van der Waals surface area contributed by atoms with E-state index in [4.69, 9.17) is 5.10 Å². The van der Waals surface area contributed by atoms with Crippen LogP contribution in [0.4, 0.5) is 17.6 Å². The fraction of sp³-hybridized carbons (Fsp3) is 0.452.